The summed E-state index contributed by atoms with van der Waals surface area (Å²) in [6, 6.07) is 17.4. The number of nitrogens with zero attached hydrogens (tertiary/aromatic N) is 4. The maximum Gasteiger partial charge on any atom is 0.343 e. The quantitative estimate of drug-likeness (QED) is 0.170. The maximum absolute atomic E-state index is 13.8. The number of aromatic nitrogens is 4. The summed E-state index contributed by atoms with van der Waals surface area (Å²) in [5.74, 6) is -1.72. The molecule has 0 saturated carbocycles. The van der Waals surface area contributed by atoms with Crippen molar-refractivity contribution >= 4 is 32.2 Å². The van der Waals surface area contributed by atoms with Crippen LogP contribution in [0.25, 0.3) is 11.2 Å². The number of ether oxygens (including phenoxy) is 1. The number of imidazole rings is 1. The summed E-state index contributed by atoms with van der Waals surface area (Å²) in [6.45, 7) is -1.06. The van der Waals surface area contributed by atoms with Crippen LogP contribution < -0.4 is 5.73 Å². The number of fused-ring (bicyclic) bond motifs is 1. The van der Waals surface area contributed by atoms with E-state index in [0.717, 1.165) is 0 Å². The van der Waals surface area contributed by atoms with Crippen molar-refractivity contribution < 1.29 is 42.5 Å². The van der Waals surface area contributed by atoms with Gasteiger partial charge in [-0.15, -0.1) is 0 Å². The number of benzene rings is 2. The normalized spacial score (nSPS) is 20.0. The van der Waals surface area contributed by atoms with Crippen LogP contribution in [0.1, 0.15) is 17.4 Å². The molecule has 0 saturated heterocycles. The van der Waals surface area contributed by atoms with Gasteiger partial charge in [0.15, 0.2) is 35.0 Å². The number of hydrogen-bond donors (Lipinski definition) is 4. The molecule has 0 radical (unpaired) electrons. The van der Waals surface area contributed by atoms with Crippen molar-refractivity contribution in [2.45, 2.75) is 25.5 Å². The zero-order chi connectivity index (χ0) is 29.0. The highest BCUT2D eigenvalue weighted by molar-refractivity contribution is 7.70. The van der Waals surface area contributed by atoms with Crippen LogP contribution in [0, 0.1) is 0 Å². The maximum atomic E-state index is 13.8. The molecule has 3 unspecified atom stereocenters. The summed E-state index contributed by atoms with van der Waals surface area (Å²) in [7, 11) is -8.85. The van der Waals surface area contributed by atoms with E-state index in [2.05, 4.69) is 15.0 Å². The molecule has 0 bridgehead atoms. The van der Waals surface area contributed by atoms with Crippen molar-refractivity contribution in [1.82, 2.24) is 19.5 Å². The smallest absolute Gasteiger partial charge is 0.343 e. The topological polar surface area (TPSA) is 201 Å². The number of anilines is 1. The third-order valence-corrected chi connectivity index (χ3v) is 10.4. The Morgan fingerprint density at radius 3 is 2.17 bits per heavy atom. The predicted molar refractivity (Wildman–Crippen MR) is 146 cm³/mol. The van der Waals surface area contributed by atoms with E-state index in [0.29, 0.717) is 11.1 Å². The van der Waals surface area contributed by atoms with Gasteiger partial charge in [0.05, 0.1) is 13.2 Å². The lowest BCUT2D eigenvalue weighted by Gasteiger charge is -2.22. The molecular formula is C25H27N5O9P2. The first-order valence-electron chi connectivity index (χ1n) is 12.3. The second kappa shape index (κ2) is 12.1. The van der Waals surface area contributed by atoms with Crippen LogP contribution in [-0.4, -0.2) is 53.2 Å². The van der Waals surface area contributed by atoms with E-state index in [1.54, 1.807) is 60.7 Å². The molecule has 2 aromatic heterocycles. The molecule has 1 aliphatic heterocycles. The molecule has 2 aromatic carbocycles. The Morgan fingerprint density at radius 2 is 1.51 bits per heavy atom. The minimum absolute atomic E-state index is 0.112. The van der Waals surface area contributed by atoms with Gasteiger partial charge in [0.25, 0.3) is 0 Å². The van der Waals surface area contributed by atoms with Crippen LogP contribution in [0.5, 0.6) is 0 Å². The number of hydrogen-bond acceptors (Lipinski definition) is 12. The van der Waals surface area contributed by atoms with Crippen LogP contribution in [0.2, 0.25) is 0 Å². The van der Waals surface area contributed by atoms with Gasteiger partial charge in [-0.1, -0.05) is 60.7 Å². The Bertz CT molecular complexity index is 1630. The number of rotatable bonds is 12. The fraction of sp³-hybridized carbons (Fsp3) is 0.240. The van der Waals surface area contributed by atoms with Gasteiger partial charge in [-0.05, 0) is 11.1 Å². The molecule has 0 fully saturated rings. The summed E-state index contributed by atoms with van der Waals surface area (Å²) >= 11 is 0. The van der Waals surface area contributed by atoms with Crippen molar-refractivity contribution in [3.8, 4) is 0 Å². The Labute approximate surface area is 234 Å². The summed E-state index contributed by atoms with van der Waals surface area (Å²) in [4.78, 5) is 22.6. The first-order chi connectivity index (χ1) is 19.6. The molecular weight excluding hydrogens is 576 g/mol. The molecule has 4 aromatic rings. The lowest BCUT2D eigenvalue weighted by atomic mass is 10.2. The van der Waals surface area contributed by atoms with E-state index in [9.17, 15) is 24.2 Å². The van der Waals surface area contributed by atoms with Crippen molar-refractivity contribution in [1.29, 1.82) is 0 Å². The minimum Gasteiger partial charge on any atom is -0.506 e. The first-order valence-corrected chi connectivity index (χ1v) is 15.8. The summed E-state index contributed by atoms with van der Waals surface area (Å²) in [5.41, 5.74) is 7.60. The number of nitrogen functional groups attached to an aromatic ring is 1. The molecule has 5 rings (SSSR count). The highest BCUT2D eigenvalue weighted by atomic mass is 31.2. The number of aliphatic hydroxyl groups is 2. The van der Waals surface area contributed by atoms with Gasteiger partial charge in [0.1, 0.15) is 24.8 Å². The Morgan fingerprint density at radius 1 is 0.902 bits per heavy atom. The largest absolute Gasteiger partial charge is 0.506 e. The van der Waals surface area contributed by atoms with E-state index in [1.807, 2.05) is 0 Å². The van der Waals surface area contributed by atoms with E-state index in [-0.39, 0.29) is 36.0 Å². The Kier molecular flexibility index (Phi) is 8.52. The van der Waals surface area contributed by atoms with Crippen LogP contribution in [0.3, 0.4) is 0 Å². The van der Waals surface area contributed by atoms with Crippen molar-refractivity contribution in [2.75, 3.05) is 18.2 Å². The van der Waals surface area contributed by atoms with Crippen LogP contribution in [-0.2, 0) is 40.7 Å². The Balaban J connectivity index is 1.31. The third kappa shape index (κ3) is 6.83. The zero-order valence-electron chi connectivity index (χ0n) is 21.5. The van der Waals surface area contributed by atoms with Gasteiger partial charge < -0.3 is 34.6 Å². The molecule has 16 heteroatoms. The predicted octanol–water partition coefficient (Wildman–Crippen LogP) is 3.85. The summed E-state index contributed by atoms with van der Waals surface area (Å²) in [6.07, 6.45) is -0.261. The van der Waals surface area contributed by atoms with Crippen LogP contribution in [0.4, 0.5) is 5.82 Å². The highest BCUT2D eigenvalue weighted by Gasteiger charge is 2.41. The molecule has 4 atom stereocenters. The average molecular weight is 603 g/mol. The van der Waals surface area contributed by atoms with E-state index >= 15 is 0 Å². The second-order valence-corrected chi connectivity index (χ2v) is 13.4. The molecule has 1 aliphatic rings. The molecule has 0 amide bonds. The number of aliphatic hydroxyl groups excluding tert-OH is 2. The standard InChI is InChI=1S/C25H27N5O9P2/c26-23-20-24(28-14-27-23)30(15-29-20)25-22(32)21(31)19(39-25)13-38-41(35,37-12-18-9-5-2-6-10-18)16-40(33,34)36-11-17-7-3-1-4-8-17/h1-10,14-15,22,25,31-32H,11-13,16H2,(H,33,34)(H2,26,27,28)/t22?,25-,41?/m1/s1. The van der Waals surface area contributed by atoms with Gasteiger partial charge in [0.2, 0.25) is 6.23 Å². The van der Waals surface area contributed by atoms with Crippen LogP contribution in [0.15, 0.2) is 84.8 Å². The molecule has 216 valence electrons. The highest BCUT2D eigenvalue weighted by Crippen LogP contribution is 2.62. The fourth-order valence-electron chi connectivity index (χ4n) is 3.98. The molecule has 0 aliphatic carbocycles. The van der Waals surface area contributed by atoms with Gasteiger partial charge in [0, 0.05) is 0 Å². The molecule has 5 N–H and O–H groups in total. The summed E-state index contributed by atoms with van der Waals surface area (Å²) < 4.78 is 50.0. The number of nitrogens with two attached hydrogens (primary N) is 1. The SMILES string of the molecule is Nc1ncnc2c1ncn2[C@@H]1OC(COP(=O)(CP(=O)(O)OCc2ccccc2)OCc2ccccc2)=C(O)C1O. The van der Waals surface area contributed by atoms with Crippen molar-refractivity contribution in [3.63, 3.8) is 0 Å². The molecule has 41 heavy (non-hydrogen) atoms. The Hall–Kier alpha value is -3.61. The summed E-state index contributed by atoms with van der Waals surface area (Å²) in [5, 5.41) is 21.2. The molecule has 14 nitrogen and oxygen atoms in total. The van der Waals surface area contributed by atoms with Gasteiger partial charge in [-0.25, -0.2) is 15.0 Å². The lowest BCUT2D eigenvalue weighted by Crippen LogP contribution is -2.22. The zero-order valence-corrected chi connectivity index (χ0v) is 23.3. The third-order valence-electron chi connectivity index (χ3n) is 6.05. The van der Waals surface area contributed by atoms with E-state index < -0.39 is 45.8 Å². The average Bonchev–Trinajstić information content (AvgIpc) is 3.52. The van der Waals surface area contributed by atoms with Gasteiger partial charge in [-0.2, -0.15) is 0 Å². The fourth-order valence-corrected chi connectivity index (χ4v) is 7.79. The minimum atomic E-state index is -4.49. The van der Waals surface area contributed by atoms with Gasteiger partial charge in [-0.3, -0.25) is 18.2 Å². The van der Waals surface area contributed by atoms with Crippen molar-refractivity contribution in [3.05, 3.63) is 96.0 Å². The van der Waals surface area contributed by atoms with Gasteiger partial charge >= 0.3 is 15.2 Å². The molecule has 3 heterocycles. The van der Waals surface area contributed by atoms with Crippen LogP contribution >= 0.6 is 15.2 Å². The monoisotopic (exact) mass is 603 g/mol. The molecule has 0 spiro atoms. The van der Waals surface area contributed by atoms with E-state index in [1.165, 1.54) is 17.2 Å². The first kappa shape index (κ1) is 28.9. The second-order valence-electron chi connectivity index (χ2n) is 9.03. The van der Waals surface area contributed by atoms with E-state index in [4.69, 9.17) is 24.0 Å². The van der Waals surface area contributed by atoms with Crippen molar-refractivity contribution in [2.24, 2.45) is 0 Å². The lowest BCUT2D eigenvalue weighted by molar-refractivity contribution is -0.0115.